The van der Waals surface area contributed by atoms with E-state index in [0.717, 1.165) is 32.5 Å². The molecule has 136 valence electrons. The lowest BCUT2D eigenvalue weighted by molar-refractivity contribution is -0.142. The lowest BCUT2D eigenvalue weighted by Crippen LogP contribution is -2.47. The Labute approximate surface area is 146 Å². The molecule has 0 unspecified atom stereocenters. The average Bonchev–Trinajstić information content (AvgIpc) is 2.71. The number of rotatable bonds is 1. The maximum atomic E-state index is 12.8. The second kappa shape index (κ2) is 7.05. The van der Waals surface area contributed by atoms with Crippen LogP contribution in [0.5, 0.6) is 0 Å². The first-order valence-corrected chi connectivity index (χ1v) is 9.95. The zero-order chi connectivity index (χ0) is 17.3. The van der Waals surface area contributed by atoms with Crippen molar-refractivity contribution in [1.82, 2.24) is 9.80 Å². The third kappa shape index (κ3) is 3.78. The Morgan fingerprint density at radius 3 is 2.29 bits per heavy atom. The van der Waals surface area contributed by atoms with Crippen molar-refractivity contribution >= 4 is 11.8 Å². The molecule has 4 nitrogen and oxygen atoms in total. The van der Waals surface area contributed by atoms with Gasteiger partial charge in [-0.2, -0.15) is 0 Å². The summed E-state index contributed by atoms with van der Waals surface area (Å²) >= 11 is 0. The van der Waals surface area contributed by atoms with E-state index in [2.05, 4.69) is 9.80 Å². The summed E-state index contributed by atoms with van der Waals surface area (Å²) in [5, 5.41) is 0. The summed E-state index contributed by atoms with van der Waals surface area (Å²) in [6, 6.07) is 0.485. The number of likely N-dealkylation sites (tertiary alicyclic amines) is 2. The predicted molar refractivity (Wildman–Crippen MR) is 95.5 cm³/mol. The topological polar surface area (TPSA) is 40.6 Å². The first kappa shape index (κ1) is 17.8. The quantitative estimate of drug-likeness (QED) is 0.737. The van der Waals surface area contributed by atoms with Crippen LogP contribution in [-0.4, -0.2) is 47.3 Å². The highest BCUT2D eigenvalue weighted by molar-refractivity contribution is 5.81. The SMILES string of the molecule is CC(C)(C)C(=O)N1CC[C@H]2CC(=O)N(C3CCCCC3)CC[C@H]2C1. The van der Waals surface area contributed by atoms with E-state index in [9.17, 15) is 9.59 Å². The monoisotopic (exact) mass is 334 g/mol. The molecule has 3 rings (SSSR count). The molecule has 1 aliphatic carbocycles. The molecule has 2 aliphatic heterocycles. The first-order valence-electron chi connectivity index (χ1n) is 9.95. The van der Waals surface area contributed by atoms with Gasteiger partial charge in [-0.05, 0) is 37.5 Å². The van der Waals surface area contributed by atoms with Gasteiger partial charge in [0.25, 0.3) is 0 Å². The smallest absolute Gasteiger partial charge is 0.227 e. The van der Waals surface area contributed by atoms with Gasteiger partial charge < -0.3 is 9.80 Å². The maximum Gasteiger partial charge on any atom is 0.227 e. The third-order valence-corrected chi connectivity index (χ3v) is 6.33. The van der Waals surface area contributed by atoms with Crippen LogP contribution in [0.4, 0.5) is 0 Å². The van der Waals surface area contributed by atoms with Crippen LogP contribution in [0, 0.1) is 17.3 Å². The van der Waals surface area contributed by atoms with E-state index < -0.39 is 0 Å². The molecule has 0 radical (unpaired) electrons. The van der Waals surface area contributed by atoms with Gasteiger partial charge in [0.2, 0.25) is 11.8 Å². The maximum absolute atomic E-state index is 12.8. The van der Waals surface area contributed by atoms with Gasteiger partial charge in [0.05, 0.1) is 0 Å². The van der Waals surface area contributed by atoms with Gasteiger partial charge in [0, 0.05) is 37.5 Å². The van der Waals surface area contributed by atoms with Crippen LogP contribution in [0.15, 0.2) is 0 Å². The van der Waals surface area contributed by atoms with Crippen molar-refractivity contribution in [1.29, 1.82) is 0 Å². The molecular weight excluding hydrogens is 300 g/mol. The summed E-state index contributed by atoms with van der Waals surface area (Å²) in [6.45, 7) is 8.59. The lowest BCUT2D eigenvalue weighted by atomic mass is 9.81. The van der Waals surface area contributed by atoms with Gasteiger partial charge in [-0.15, -0.1) is 0 Å². The van der Waals surface area contributed by atoms with E-state index in [-0.39, 0.29) is 11.3 Å². The Balaban J connectivity index is 1.64. The minimum Gasteiger partial charge on any atom is -0.342 e. The number of piperidine rings is 1. The van der Waals surface area contributed by atoms with Gasteiger partial charge in [-0.3, -0.25) is 9.59 Å². The molecular formula is C20H34N2O2. The summed E-state index contributed by atoms with van der Waals surface area (Å²) in [7, 11) is 0. The van der Waals surface area contributed by atoms with E-state index in [1.54, 1.807) is 0 Å². The molecule has 1 saturated carbocycles. The van der Waals surface area contributed by atoms with Crippen LogP contribution < -0.4 is 0 Å². The number of nitrogens with zero attached hydrogens (tertiary/aromatic N) is 2. The van der Waals surface area contributed by atoms with Crippen LogP contribution in [0.2, 0.25) is 0 Å². The van der Waals surface area contributed by atoms with Crippen molar-refractivity contribution in [2.24, 2.45) is 17.3 Å². The second-order valence-electron chi connectivity index (χ2n) is 9.18. The van der Waals surface area contributed by atoms with E-state index >= 15 is 0 Å². The van der Waals surface area contributed by atoms with Crippen LogP contribution in [-0.2, 0) is 9.59 Å². The summed E-state index contributed by atoms with van der Waals surface area (Å²) in [5.41, 5.74) is -0.304. The predicted octanol–water partition coefficient (Wildman–Crippen LogP) is 3.45. The number of hydrogen-bond acceptors (Lipinski definition) is 2. The highest BCUT2D eigenvalue weighted by Crippen LogP contribution is 2.35. The van der Waals surface area contributed by atoms with E-state index in [1.807, 2.05) is 20.8 Å². The molecule has 2 amide bonds. The largest absolute Gasteiger partial charge is 0.342 e. The van der Waals surface area contributed by atoms with Crippen molar-refractivity contribution in [3.63, 3.8) is 0 Å². The second-order valence-corrected chi connectivity index (χ2v) is 9.18. The van der Waals surface area contributed by atoms with Crippen molar-refractivity contribution in [2.75, 3.05) is 19.6 Å². The molecule has 0 aromatic rings. The number of hydrogen-bond donors (Lipinski definition) is 0. The van der Waals surface area contributed by atoms with Gasteiger partial charge in [-0.25, -0.2) is 0 Å². The Bertz CT molecular complexity index is 477. The molecule has 2 saturated heterocycles. The van der Waals surface area contributed by atoms with Crippen molar-refractivity contribution in [3.05, 3.63) is 0 Å². The fraction of sp³-hybridized carbons (Fsp3) is 0.900. The molecule has 3 aliphatic rings. The van der Waals surface area contributed by atoms with Crippen molar-refractivity contribution < 1.29 is 9.59 Å². The summed E-state index contributed by atoms with van der Waals surface area (Å²) < 4.78 is 0. The standard InChI is InChI=1S/C20H34N2O2/c1-20(2,3)19(24)21-11-9-15-13-18(23)22(12-10-16(15)14-21)17-7-5-4-6-8-17/h15-17H,4-14H2,1-3H3/t15-,16-/m0/s1. The van der Waals surface area contributed by atoms with Gasteiger partial charge in [0.1, 0.15) is 0 Å². The minimum atomic E-state index is -0.304. The number of carbonyl (C=O) groups is 2. The summed E-state index contributed by atoms with van der Waals surface area (Å²) in [4.78, 5) is 29.7. The Morgan fingerprint density at radius 2 is 1.62 bits per heavy atom. The van der Waals surface area contributed by atoms with Gasteiger partial charge in [0.15, 0.2) is 0 Å². The molecule has 0 aromatic heterocycles. The van der Waals surface area contributed by atoms with Crippen LogP contribution in [0.3, 0.4) is 0 Å². The summed E-state index contributed by atoms with van der Waals surface area (Å²) in [5.74, 6) is 1.63. The van der Waals surface area contributed by atoms with Crippen molar-refractivity contribution in [2.45, 2.75) is 78.2 Å². The highest BCUT2D eigenvalue weighted by Gasteiger charge is 2.39. The van der Waals surface area contributed by atoms with Crippen molar-refractivity contribution in [3.8, 4) is 0 Å². The number of carbonyl (C=O) groups excluding carboxylic acids is 2. The molecule has 4 heteroatoms. The molecule has 0 spiro atoms. The van der Waals surface area contributed by atoms with Gasteiger partial charge >= 0.3 is 0 Å². The molecule has 0 aromatic carbocycles. The average molecular weight is 335 g/mol. The normalized spacial score (nSPS) is 30.0. The minimum absolute atomic E-state index is 0.265. The third-order valence-electron chi connectivity index (χ3n) is 6.33. The van der Waals surface area contributed by atoms with Gasteiger partial charge in [-0.1, -0.05) is 40.0 Å². The first-order chi connectivity index (χ1) is 11.4. The van der Waals surface area contributed by atoms with E-state index in [0.29, 0.717) is 30.2 Å². The zero-order valence-corrected chi connectivity index (χ0v) is 15.7. The lowest BCUT2D eigenvalue weighted by Gasteiger charge is -2.40. The Kier molecular flexibility index (Phi) is 5.22. The van der Waals surface area contributed by atoms with Crippen LogP contribution >= 0.6 is 0 Å². The van der Waals surface area contributed by atoms with Crippen LogP contribution in [0.1, 0.15) is 72.1 Å². The molecule has 2 heterocycles. The fourth-order valence-corrected chi connectivity index (χ4v) is 4.89. The number of amides is 2. The molecule has 3 fully saturated rings. The summed E-state index contributed by atoms with van der Waals surface area (Å²) in [6.07, 6.45) is 9.03. The zero-order valence-electron chi connectivity index (χ0n) is 15.7. The highest BCUT2D eigenvalue weighted by atomic mass is 16.2. The van der Waals surface area contributed by atoms with Crippen LogP contribution in [0.25, 0.3) is 0 Å². The fourth-order valence-electron chi connectivity index (χ4n) is 4.89. The molecule has 0 bridgehead atoms. The Hall–Kier alpha value is -1.06. The molecule has 0 N–H and O–H groups in total. The number of fused-ring (bicyclic) bond motifs is 1. The Morgan fingerprint density at radius 1 is 0.958 bits per heavy atom. The van der Waals surface area contributed by atoms with E-state index in [1.165, 1.54) is 32.1 Å². The molecule has 2 atom stereocenters. The molecule has 24 heavy (non-hydrogen) atoms. The van der Waals surface area contributed by atoms with E-state index in [4.69, 9.17) is 0 Å².